The normalized spacial score (nSPS) is 14.5. The number of esters is 3. The summed E-state index contributed by atoms with van der Waals surface area (Å²) in [5, 5.41) is 0. The summed E-state index contributed by atoms with van der Waals surface area (Å²) in [7, 11) is 0. The van der Waals surface area contributed by atoms with Gasteiger partial charge in [-0.3, -0.25) is 19.2 Å². The van der Waals surface area contributed by atoms with Crippen LogP contribution >= 0.6 is 0 Å². The van der Waals surface area contributed by atoms with Crippen LogP contribution in [0.2, 0.25) is 0 Å². The van der Waals surface area contributed by atoms with Gasteiger partial charge in [-0.15, -0.1) is 0 Å². The molecule has 7 nitrogen and oxygen atoms in total. The molecule has 0 bridgehead atoms. The Bertz CT molecular complexity index is 346. The molecule has 106 valence electrons. The van der Waals surface area contributed by atoms with E-state index in [0.717, 1.165) is 20.8 Å². The monoisotopic (exact) mass is 272 g/mol. The molecule has 0 heterocycles. The zero-order valence-corrected chi connectivity index (χ0v) is 11.0. The Balaban J connectivity index is 5.17. The van der Waals surface area contributed by atoms with Crippen LogP contribution in [0.1, 0.15) is 20.8 Å². The fourth-order valence-electron chi connectivity index (χ4n) is 1.32. The molecule has 19 heavy (non-hydrogen) atoms. The first-order valence-electron chi connectivity index (χ1n) is 5.41. The average molecular weight is 272 g/mol. The van der Waals surface area contributed by atoms with Crippen molar-refractivity contribution in [2.24, 2.45) is 0 Å². The summed E-state index contributed by atoms with van der Waals surface area (Å²) >= 11 is 0. The van der Waals surface area contributed by atoms with Crippen molar-refractivity contribution in [2.45, 2.75) is 39.1 Å². The van der Waals surface area contributed by atoms with E-state index in [4.69, 9.17) is 14.2 Å². The first-order chi connectivity index (χ1) is 8.81. The average Bonchev–Trinajstić information content (AvgIpc) is 2.29. The van der Waals surface area contributed by atoms with Gasteiger partial charge in [-0.25, -0.2) is 0 Å². The minimum absolute atomic E-state index is 0.287. The van der Waals surface area contributed by atoms with Crippen LogP contribution in [0, 0.1) is 0 Å². The molecule has 0 unspecified atom stereocenters. The molecular weight excluding hydrogens is 256 g/mol. The van der Waals surface area contributed by atoms with Crippen LogP contribution in [0.5, 0.6) is 0 Å². The molecule has 0 aliphatic heterocycles. The molecule has 0 rings (SSSR count). The highest BCUT2D eigenvalue weighted by Gasteiger charge is 2.35. The number of rotatable bonds is 7. The zero-order valence-electron chi connectivity index (χ0n) is 11.0. The second-order valence-electron chi connectivity index (χ2n) is 3.59. The second kappa shape index (κ2) is 8.02. The Morgan fingerprint density at radius 1 is 0.895 bits per heavy atom. The predicted molar refractivity (Wildman–Crippen MR) is 62.9 cm³/mol. The molecule has 0 aromatic rings. The van der Waals surface area contributed by atoms with Gasteiger partial charge in [0.2, 0.25) is 0 Å². The van der Waals surface area contributed by atoms with Gasteiger partial charge < -0.3 is 14.2 Å². The van der Waals surface area contributed by atoms with Gasteiger partial charge >= 0.3 is 17.9 Å². The molecule has 0 radical (unpaired) electrons. The summed E-state index contributed by atoms with van der Waals surface area (Å²) in [6.45, 7) is 6.76. The van der Waals surface area contributed by atoms with Crippen LogP contribution < -0.4 is 0 Å². The molecule has 0 fully saturated rings. The van der Waals surface area contributed by atoms with Crippen molar-refractivity contribution in [1.82, 2.24) is 0 Å². The summed E-state index contributed by atoms with van der Waals surface area (Å²) in [5.41, 5.74) is 0. The first kappa shape index (κ1) is 16.8. The molecule has 0 amide bonds. The number of hydrogen-bond acceptors (Lipinski definition) is 7. The lowest BCUT2D eigenvalue weighted by Crippen LogP contribution is -2.45. The van der Waals surface area contributed by atoms with Gasteiger partial charge in [-0.2, -0.15) is 0 Å². The summed E-state index contributed by atoms with van der Waals surface area (Å²) in [4.78, 5) is 43.8. The highest BCUT2D eigenvalue weighted by molar-refractivity contribution is 5.72. The molecule has 0 aliphatic rings. The summed E-state index contributed by atoms with van der Waals surface area (Å²) in [6, 6.07) is 0. The third-order valence-corrected chi connectivity index (χ3v) is 1.92. The van der Waals surface area contributed by atoms with Gasteiger partial charge in [0.15, 0.2) is 24.6 Å². The van der Waals surface area contributed by atoms with Crippen LogP contribution in [0.25, 0.3) is 0 Å². The van der Waals surface area contributed by atoms with E-state index in [1.807, 2.05) is 0 Å². The van der Waals surface area contributed by atoms with Crippen LogP contribution in [0.15, 0.2) is 12.7 Å². The smallest absolute Gasteiger partial charge is 0.303 e. The largest absolute Gasteiger partial charge is 0.454 e. The molecular formula is C12H16O7. The van der Waals surface area contributed by atoms with Crippen molar-refractivity contribution in [3.05, 3.63) is 12.7 Å². The lowest BCUT2D eigenvalue weighted by Gasteiger charge is -2.27. The number of hydrogen-bond donors (Lipinski definition) is 0. The van der Waals surface area contributed by atoms with Gasteiger partial charge in [0.1, 0.15) is 0 Å². The summed E-state index contributed by atoms with van der Waals surface area (Å²) in [5.74, 6) is -2.11. The van der Waals surface area contributed by atoms with E-state index in [2.05, 4.69) is 6.58 Å². The van der Waals surface area contributed by atoms with E-state index in [1.165, 1.54) is 6.08 Å². The Hall–Kier alpha value is -2.18. The van der Waals surface area contributed by atoms with E-state index >= 15 is 0 Å². The quantitative estimate of drug-likeness (QED) is 0.282. The Morgan fingerprint density at radius 2 is 1.32 bits per heavy atom. The van der Waals surface area contributed by atoms with Gasteiger partial charge in [0.05, 0.1) is 0 Å². The molecule has 0 N–H and O–H groups in total. The van der Waals surface area contributed by atoms with Gasteiger partial charge in [0.25, 0.3) is 0 Å². The summed E-state index contributed by atoms with van der Waals surface area (Å²) in [6.07, 6.45) is -2.30. The van der Waals surface area contributed by atoms with Crippen molar-refractivity contribution in [3.63, 3.8) is 0 Å². The second-order valence-corrected chi connectivity index (χ2v) is 3.59. The minimum atomic E-state index is -1.39. The first-order valence-corrected chi connectivity index (χ1v) is 5.41. The molecule has 0 saturated carbocycles. The van der Waals surface area contributed by atoms with E-state index in [1.54, 1.807) is 0 Å². The number of aldehydes is 1. The van der Waals surface area contributed by atoms with Crippen LogP contribution in [0.3, 0.4) is 0 Å². The molecule has 0 spiro atoms. The number of carbonyl (C=O) groups is 4. The zero-order chi connectivity index (χ0) is 15.0. The Morgan fingerprint density at radius 3 is 1.63 bits per heavy atom. The van der Waals surface area contributed by atoms with E-state index in [0.29, 0.717) is 0 Å². The van der Waals surface area contributed by atoms with Crippen molar-refractivity contribution < 1.29 is 33.4 Å². The standard InChI is InChI=1S/C12H16O7/c1-5-10(17-7(2)14)12(19-9(4)16)11(6-13)18-8(3)15/h5-6,10-12H,1H2,2-4H3/t10-,11-,12+/m1/s1. The van der Waals surface area contributed by atoms with E-state index in [9.17, 15) is 19.2 Å². The van der Waals surface area contributed by atoms with E-state index in [-0.39, 0.29) is 6.29 Å². The van der Waals surface area contributed by atoms with Crippen LogP contribution in [-0.2, 0) is 33.4 Å². The highest BCUT2D eigenvalue weighted by atomic mass is 16.6. The van der Waals surface area contributed by atoms with Crippen molar-refractivity contribution in [2.75, 3.05) is 0 Å². The highest BCUT2D eigenvalue weighted by Crippen LogP contribution is 2.13. The van der Waals surface area contributed by atoms with Crippen LogP contribution in [0.4, 0.5) is 0 Å². The van der Waals surface area contributed by atoms with Crippen molar-refractivity contribution >= 4 is 24.2 Å². The molecule has 3 atom stereocenters. The van der Waals surface area contributed by atoms with Gasteiger partial charge in [0, 0.05) is 20.8 Å². The maximum absolute atomic E-state index is 11.0. The van der Waals surface area contributed by atoms with Crippen molar-refractivity contribution in [1.29, 1.82) is 0 Å². The summed E-state index contributed by atoms with van der Waals surface area (Å²) < 4.78 is 14.4. The third kappa shape index (κ3) is 6.35. The van der Waals surface area contributed by atoms with Gasteiger partial charge in [-0.05, 0) is 6.08 Å². The van der Waals surface area contributed by atoms with Crippen molar-refractivity contribution in [3.8, 4) is 0 Å². The third-order valence-electron chi connectivity index (χ3n) is 1.92. The lowest BCUT2D eigenvalue weighted by molar-refractivity contribution is -0.178. The predicted octanol–water partition coefficient (Wildman–Crippen LogP) is 0.166. The van der Waals surface area contributed by atoms with Gasteiger partial charge in [-0.1, -0.05) is 6.58 Å². The van der Waals surface area contributed by atoms with Crippen LogP contribution in [-0.4, -0.2) is 42.5 Å². The maximum Gasteiger partial charge on any atom is 0.303 e. The lowest BCUT2D eigenvalue weighted by atomic mass is 10.1. The number of ether oxygens (including phenoxy) is 3. The Labute approximate surface area is 110 Å². The minimum Gasteiger partial charge on any atom is -0.454 e. The molecule has 7 heteroatoms. The maximum atomic E-state index is 11.0. The Kier molecular flexibility index (Phi) is 7.10. The molecule has 0 saturated heterocycles. The molecule has 0 aliphatic carbocycles. The molecule has 0 aromatic heterocycles. The SMILES string of the molecule is C=C[C@@H](OC(C)=O)[C@H](OC(C)=O)[C@@H](C=O)OC(C)=O. The fraction of sp³-hybridized carbons (Fsp3) is 0.500. The van der Waals surface area contributed by atoms with E-state index < -0.39 is 36.2 Å². The topological polar surface area (TPSA) is 96.0 Å². The fourth-order valence-corrected chi connectivity index (χ4v) is 1.32. The molecule has 0 aromatic carbocycles. The number of carbonyl (C=O) groups excluding carboxylic acids is 4.